The fourth-order valence-electron chi connectivity index (χ4n) is 2.15. The van der Waals surface area contributed by atoms with E-state index in [1.54, 1.807) is 0 Å². The van der Waals surface area contributed by atoms with Crippen LogP contribution in [0, 0.1) is 13.8 Å². The number of rotatable bonds is 6. The lowest BCUT2D eigenvalue weighted by molar-refractivity contribution is 0.322. The van der Waals surface area contributed by atoms with E-state index in [1.807, 2.05) is 32.0 Å². The summed E-state index contributed by atoms with van der Waals surface area (Å²) in [7, 11) is -3.81. The maximum absolute atomic E-state index is 12.3. The highest BCUT2D eigenvalue weighted by Gasteiger charge is 2.19. The zero-order chi connectivity index (χ0) is 17.9. The van der Waals surface area contributed by atoms with Gasteiger partial charge in [0.15, 0.2) is 0 Å². The van der Waals surface area contributed by atoms with Crippen LogP contribution in [0.4, 0.5) is 0 Å². The first-order valence-corrected chi connectivity index (χ1v) is 9.66. The molecular weight excluding hydrogens is 393 g/mol. The van der Waals surface area contributed by atoms with E-state index in [2.05, 4.69) is 4.72 Å². The lowest BCUT2D eigenvalue weighted by Crippen LogP contribution is -2.28. The molecule has 4 nitrogen and oxygen atoms in total. The zero-order valence-corrected chi connectivity index (χ0v) is 16.2. The summed E-state index contributed by atoms with van der Waals surface area (Å²) in [6.45, 7) is 4.21. The van der Waals surface area contributed by atoms with Crippen LogP contribution >= 0.6 is 34.8 Å². The molecule has 0 aliphatic carbocycles. The standard InChI is InChI=1S/C16H16Cl3NO3S/c1-10-5-11(2)7-12(6-10)23-4-3-20-24(21,22)16-9-14(18)13(17)8-15(16)19/h5-9,20H,3-4H2,1-2H3. The second kappa shape index (κ2) is 7.93. The average Bonchev–Trinajstić information content (AvgIpc) is 2.46. The first-order chi connectivity index (χ1) is 11.2. The molecule has 8 heteroatoms. The van der Waals surface area contributed by atoms with Crippen LogP contribution in [0.15, 0.2) is 35.2 Å². The Balaban J connectivity index is 1.99. The van der Waals surface area contributed by atoms with E-state index in [0.717, 1.165) is 11.1 Å². The smallest absolute Gasteiger partial charge is 0.242 e. The Morgan fingerprint density at radius 1 is 0.917 bits per heavy atom. The first kappa shape index (κ1) is 19.3. The summed E-state index contributed by atoms with van der Waals surface area (Å²) in [6.07, 6.45) is 0. The van der Waals surface area contributed by atoms with Gasteiger partial charge in [-0.25, -0.2) is 13.1 Å². The number of aryl methyl sites for hydroxylation is 2. The Kier molecular flexibility index (Phi) is 6.39. The topological polar surface area (TPSA) is 55.4 Å². The van der Waals surface area contributed by atoms with Gasteiger partial charge in [0, 0.05) is 6.54 Å². The van der Waals surface area contributed by atoms with Crippen molar-refractivity contribution in [1.29, 1.82) is 0 Å². The molecule has 0 unspecified atom stereocenters. The SMILES string of the molecule is Cc1cc(C)cc(OCCNS(=O)(=O)c2cc(Cl)c(Cl)cc2Cl)c1. The highest BCUT2D eigenvalue weighted by Crippen LogP contribution is 2.31. The molecule has 0 bridgehead atoms. The zero-order valence-electron chi connectivity index (χ0n) is 13.1. The predicted octanol–water partition coefficient (Wildman–Crippen LogP) is 4.62. The van der Waals surface area contributed by atoms with Gasteiger partial charge in [0.05, 0.1) is 15.1 Å². The predicted molar refractivity (Wildman–Crippen MR) is 98.1 cm³/mol. The minimum absolute atomic E-state index is 0.00660. The summed E-state index contributed by atoms with van der Waals surface area (Å²) in [4.78, 5) is -0.120. The van der Waals surface area contributed by atoms with Crippen LogP contribution in [-0.2, 0) is 10.0 Å². The van der Waals surface area contributed by atoms with E-state index in [9.17, 15) is 8.42 Å². The normalized spacial score (nSPS) is 11.5. The van der Waals surface area contributed by atoms with Gasteiger partial charge < -0.3 is 4.74 Å². The third-order valence-electron chi connectivity index (χ3n) is 3.12. The summed E-state index contributed by atoms with van der Waals surface area (Å²) in [6, 6.07) is 8.32. The van der Waals surface area contributed by atoms with Crippen molar-refractivity contribution in [3.63, 3.8) is 0 Å². The van der Waals surface area contributed by atoms with Crippen molar-refractivity contribution in [1.82, 2.24) is 4.72 Å². The second-order valence-corrected chi connectivity index (χ2v) is 8.22. The maximum atomic E-state index is 12.3. The van der Waals surface area contributed by atoms with Gasteiger partial charge in [-0.15, -0.1) is 0 Å². The molecule has 0 aromatic heterocycles. The van der Waals surface area contributed by atoms with Crippen molar-refractivity contribution >= 4 is 44.8 Å². The maximum Gasteiger partial charge on any atom is 0.242 e. The third-order valence-corrected chi connectivity index (χ3v) is 5.77. The number of sulfonamides is 1. The average molecular weight is 409 g/mol. The molecule has 0 aliphatic rings. The molecule has 2 aromatic rings. The van der Waals surface area contributed by atoms with Crippen LogP contribution in [0.2, 0.25) is 15.1 Å². The highest BCUT2D eigenvalue weighted by atomic mass is 35.5. The molecule has 0 radical (unpaired) electrons. The number of benzene rings is 2. The second-order valence-electron chi connectivity index (χ2n) is 5.27. The molecule has 0 spiro atoms. The van der Waals surface area contributed by atoms with E-state index < -0.39 is 10.0 Å². The molecule has 0 amide bonds. The van der Waals surface area contributed by atoms with Crippen molar-refractivity contribution < 1.29 is 13.2 Å². The van der Waals surface area contributed by atoms with E-state index in [1.165, 1.54) is 12.1 Å². The third kappa shape index (κ3) is 5.01. The molecule has 2 rings (SSSR count). The highest BCUT2D eigenvalue weighted by molar-refractivity contribution is 7.89. The molecule has 2 aromatic carbocycles. The van der Waals surface area contributed by atoms with Gasteiger partial charge in [-0.05, 0) is 49.2 Å². The van der Waals surface area contributed by atoms with E-state index in [-0.39, 0.29) is 33.1 Å². The van der Waals surface area contributed by atoms with Crippen LogP contribution in [0.1, 0.15) is 11.1 Å². The van der Waals surface area contributed by atoms with Gasteiger partial charge in [-0.1, -0.05) is 40.9 Å². The molecule has 0 atom stereocenters. The van der Waals surface area contributed by atoms with Crippen molar-refractivity contribution in [3.8, 4) is 5.75 Å². The Morgan fingerprint density at radius 3 is 2.12 bits per heavy atom. The van der Waals surface area contributed by atoms with Gasteiger partial charge in [-0.3, -0.25) is 0 Å². The Labute approximate surface area is 156 Å². The van der Waals surface area contributed by atoms with Crippen LogP contribution in [0.3, 0.4) is 0 Å². The number of nitrogens with one attached hydrogen (secondary N) is 1. The lowest BCUT2D eigenvalue weighted by Gasteiger charge is -2.11. The number of ether oxygens (including phenoxy) is 1. The van der Waals surface area contributed by atoms with E-state index in [0.29, 0.717) is 5.75 Å². The van der Waals surface area contributed by atoms with Gasteiger partial charge in [0.1, 0.15) is 17.3 Å². The minimum Gasteiger partial charge on any atom is -0.492 e. The van der Waals surface area contributed by atoms with E-state index >= 15 is 0 Å². The van der Waals surface area contributed by atoms with Crippen LogP contribution in [0.5, 0.6) is 5.75 Å². The van der Waals surface area contributed by atoms with Gasteiger partial charge in [0.2, 0.25) is 10.0 Å². The molecular formula is C16H16Cl3NO3S. The molecule has 0 saturated carbocycles. The van der Waals surface area contributed by atoms with Crippen molar-refractivity contribution in [2.45, 2.75) is 18.7 Å². The molecule has 130 valence electrons. The van der Waals surface area contributed by atoms with Crippen molar-refractivity contribution in [2.75, 3.05) is 13.2 Å². The number of hydrogen-bond acceptors (Lipinski definition) is 3. The number of halogens is 3. The van der Waals surface area contributed by atoms with E-state index in [4.69, 9.17) is 39.5 Å². The van der Waals surface area contributed by atoms with Gasteiger partial charge in [0.25, 0.3) is 0 Å². The van der Waals surface area contributed by atoms with Crippen LogP contribution in [-0.4, -0.2) is 21.6 Å². The largest absolute Gasteiger partial charge is 0.492 e. The lowest BCUT2D eigenvalue weighted by atomic mass is 10.1. The summed E-state index contributed by atoms with van der Waals surface area (Å²) in [5.74, 6) is 0.694. The van der Waals surface area contributed by atoms with Crippen molar-refractivity contribution in [3.05, 3.63) is 56.5 Å². The summed E-state index contributed by atoms with van der Waals surface area (Å²) in [5, 5.41) is 0.318. The molecule has 0 fully saturated rings. The molecule has 0 saturated heterocycles. The molecule has 1 N–H and O–H groups in total. The summed E-state index contributed by atoms with van der Waals surface area (Å²) >= 11 is 17.6. The monoisotopic (exact) mass is 407 g/mol. The fraction of sp³-hybridized carbons (Fsp3) is 0.250. The van der Waals surface area contributed by atoms with Crippen molar-refractivity contribution in [2.24, 2.45) is 0 Å². The Morgan fingerprint density at radius 2 is 1.50 bits per heavy atom. The quantitative estimate of drug-likeness (QED) is 0.560. The Bertz CT molecular complexity index is 834. The van der Waals surface area contributed by atoms with Gasteiger partial charge >= 0.3 is 0 Å². The summed E-state index contributed by atoms with van der Waals surface area (Å²) < 4.78 is 32.6. The fourth-order valence-corrected chi connectivity index (χ4v) is 4.16. The van der Waals surface area contributed by atoms with Crippen LogP contribution in [0.25, 0.3) is 0 Å². The molecule has 0 heterocycles. The summed E-state index contributed by atoms with van der Waals surface area (Å²) in [5.41, 5.74) is 2.15. The Hall–Kier alpha value is -0.980. The number of hydrogen-bond donors (Lipinski definition) is 1. The molecule has 0 aliphatic heterocycles. The minimum atomic E-state index is -3.81. The first-order valence-electron chi connectivity index (χ1n) is 7.04. The molecule has 24 heavy (non-hydrogen) atoms. The van der Waals surface area contributed by atoms with Crippen LogP contribution < -0.4 is 9.46 Å². The van der Waals surface area contributed by atoms with Gasteiger partial charge in [-0.2, -0.15) is 0 Å².